The molecule has 1 aromatic heterocycles. The number of nitrogens with zero attached hydrogens (tertiary/aromatic N) is 1. The molecule has 0 fully saturated rings. The highest BCUT2D eigenvalue weighted by Gasteiger charge is 2.22. The first kappa shape index (κ1) is 12.2. The van der Waals surface area contributed by atoms with Crippen molar-refractivity contribution < 1.29 is 5.11 Å². The normalized spacial score (nSPS) is 18.1. The van der Waals surface area contributed by atoms with Crippen molar-refractivity contribution in [1.82, 2.24) is 10.3 Å². The lowest BCUT2D eigenvalue weighted by Gasteiger charge is -2.26. The lowest BCUT2D eigenvalue weighted by atomic mass is 9.92. The van der Waals surface area contributed by atoms with Crippen molar-refractivity contribution in [2.75, 3.05) is 6.54 Å². The number of aromatic nitrogens is 1. The smallest absolute Gasteiger partial charge is 0.115 e. The largest absolute Gasteiger partial charge is 0.508 e. The van der Waals surface area contributed by atoms with Gasteiger partial charge in [-0.05, 0) is 47.7 Å². The van der Waals surface area contributed by atoms with Crippen LogP contribution in [-0.2, 0) is 12.8 Å². The van der Waals surface area contributed by atoms with Crippen LogP contribution in [0.15, 0.2) is 36.5 Å². The monoisotopic (exact) mass is 254 g/mol. The molecule has 0 amide bonds. The van der Waals surface area contributed by atoms with E-state index in [0.29, 0.717) is 5.75 Å². The zero-order valence-electron chi connectivity index (χ0n) is 11.1. The van der Waals surface area contributed by atoms with E-state index in [2.05, 4.69) is 29.4 Å². The Balaban J connectivity index is 1.98. The Hall–Kier alpha value is -1.87. The second-order valence-corrected chi connectivity index (χ2v) is 4.97. The zero-order valence-corrected chi connectivity index (χ0v) is 11.1. The summed E-state index contributed by atoms with van der Waals surface area (Å²) >= 11 is 0. The maximum Gasteiger partial charge on any atom is 0.115 e. The van der Waals surface area contributed by atoms with Gasteiger partial charge in [0.15, 0.2) is 0 Å². The summed E-state index contributed by atoms with van der Waals surface area (Å²) in [6.45, 7) is 3.05. The van der Waals surface area contributed by atoms with Crippen molar-refractivity contribution in [1.29, 1.82) is 0 Å². The maximum atomic E-state index is 9.58. The highest BCUT2D eigenvalue weighted by Crippen LogP contribution is 2.29. The number of fused-ring (bicyclic) bond motifs is 1. The second kappa shape index (κ2) is 5.02. The van der Waals surface area contributed by atoms with Gasteiger partial charge < -0.3 is 10.4 Å². The van der Waals surface area contributed by atoms with Gasteiger partial charge in [0.2, 0.25) is 0 Å². The molecule has 2 aromatic rings. The van der Waals surface area contributed by atoms with E-state index >= 15 is 0 Å². The van der Waals surface area contributed by atoms with Gasteiger partial charge in [-0.25, -0.2) is 0 Å². The summed E-state index contributed by atoms with van der Waals surface area (Å²) in [6, 6.07) is 9.98. The maximum absolute atomic E-state index is 9.58. The number of rotatable bonds is 2. The highest BCUT2D eigenvalue weighted by molar-refractivity contribution is 5.41. The van der Waals surface area contributed by atoms with Crippen molar-refractivity contribution >= 4 is 0 Å². The van der Waals surface area contributed by atoms with Crippen LogP contribution in [0.1, 0.15) is 35.3 Å². The minimum absolute atomic E-state index is 0.134. The van der Waals surface area contributed by atoms with E-state index in [1.165, 1.54) is 16.7 Å². The highest BCUT2D eigenvalue weighted by atomic mass is 16.3. The third-order valence-electron chi connectivity index (χ3n) is 3.73. The van der Waals surface area contributed by atoms with E-state index in [0.717, 1.165) is 25.1 Å². The molecule has 98 valence electrons. The number of benzene rings is 1. The summed E-state index contributed by atoms with van der Waals surface area (Å²) in [5.41, 5.74) is 4.74. The molecule has 3 rings (SSSR count). The average molecular weight is 254 g/mol. The lowest BCUT2D eigenvalue weighted by Crippen LogP contribution is -2.31. The molecular weight excluding hydrogens is 236 g/mol. The number of hydrogen-bond acceptors (Lipinski definition) is 3. The number of phenolic OH excluding ortho intramolecular Hbond substituents is 1. The number of aromatic hydroxyl groups is 1. The fourth-order valence-electron chi connectivity index (χ4n) is 2.63. The summed E-state index contributed by atoms with van der Waals surface area (Å²) in [7, 11) is 0. The van der Waals surface area contributed by atoms with E-state index in [-0.39, 0.29) is 6.04 Å². The Morgan fingerprint density at radius 3 is 2.95 bits per heavy atom. The minimum atomic E-state index is 0.134. The molecule has 1 aromatic carbocycles. The molecule has 19 heavy (non-hydrogen) atoms. The zero-order chi connectivity index (χ0) is 13.2. The number of nitrogens with one attached hydrogen (secondary N) is 1. The van der Waals surface area contributed by atoms with Crippen molar-refractivity contribution in [2.24, 2.45) is 0 Å². The third-order valence-corrected chi connectivity index (χ3v) is 3.73. The summed E-state index contributed by atoms with van der Waals surface area (Å²) in [4.78, 5) is 4.57. The number of aryl methyl sites for hydroxylation is 1. The average Bonchev–Trinajstić information content (AvgIpc) is 2.46. The quantitative estimate of drug-likeness (QED) is 0.866. The summed E-state index contributed by atoms with van der Waals surface area (Å²) < 4.78 is 0. The first-order chi connectivity index (χ1) is 9.28. The Bertz CT molecular complexity index is 578. The summed E-state index contributed by atoms with van der Waals surface area (Å²) in [5, 5.41) is 13.1. The van der Waals surface area contributed by atoms with Crippen molar-refractivity contribution in [2.45, 2.75) is 25.8 Å². The molecular formula is C16H18N2O. The molecule has 3 heteroatoms. The van der Waals surface area contributed by atoms with E-state index in [9.17, 15) is 5.11 Å². The van der Waals surface area contributed by atoms with Gasteiger partial charge >= 0.3 is 0 Å². The first-order valence-corrected chi connectivity index (χ1v) is 6.78. The molecule has 0 radical (unpaired) electrons. The minimum Gasteiger partial charge on any atom is -0.508 e. The van der Waals surface area contributed by atoms with Crippen molar-refractivity contribution in [3.8, 4) is 5.75 Å². The Morgan fingerprint density at radius 2 is 2.21 bits per heavy atom. The fraction of sp³-hybridized carbons (Fsp3) is 0.312. The molecule has 3 nitrogen and oxygen atoms in total. The van der Waals surface area contributed by atoms with Gasteiger partial charge in [-0.15, -0.1) is 0 Å². The van der Waals surface area contributed by atoms with Crippen LogP contribution in [0.25, 0.3) is 0 Å². The van der Waals surface area contributed by atoms with Gasteiger partial charge in [-0.1, -0.05) is 19.1 Å². The molecule has 1 unspecified atom stereocenters. The number of phenols is 1. The predicted octanol–water partition coefficient (Wildman–Crippen LogP) is 2.58. The summed E-state index contributed by atoms with van der Waals surface area (Å²) in [6.07, 6.45) is 3.91. The van der Waals surface area contributed by atoms with Gasteiger partial charge in [0, 0.05) is 12.7 Å². The molecule has 2 N–H and O–H groups in total. The van der Waals surface area contributed by atoms with Crippen molar-refractivity contribution in [3.63, 3.8) is 0 Å². The molecule has 0 bridgehead atoms. The van der Waals surface area contributed by atoms with E-state index in [1.807, 2.05) is 18.3 Å². The first-order valence-electron chi connectivity index (χ1n) is 6.78. The Morgan fingerprint density at radius 1 is 1.32 bits per heavy atom. The molecule has 0 saturated carbocycles. The molecule has 2 heterocycles. The fourth-order valence-corrected chi connectivity index (χ4v) is 2.63. The van der Waals surface area contributed by atoms with Gasteiger partial charge in [0.05, 0.1) is 11.7 Å². The van der Waals surface area contributed by atoms with Crippen LogP contribution in [0.2, 0.25) is 0 Å². The lowest BCUT2D eigenvalue weighted by molar-refractivity contribution is 0.471. The third kappa shape index (κ3) is 2.34. The van der Waals surface area contributed by atoms with E-state index in [1.54, 1.807) is 6.07 Å². The van der Waals surface area contributed by atoms with Crippen LogP contribution in [0.3, 0.4) is 0 Å². The predicted molar refractivity (Wildman–Crippen MR) is 75.3 cm³/mol. The molecule has 1 aliphatic rings. The molecule has 0 aliphatic carbocycles. The van der Waals surface area contributed by atoms with Crippen molar-refractivity contribution in [3.05, 3.63) is 58.9 Å². The second-order valence-electron chi connectivity index (χ2n) is 4.97. The Labute approximate surface area is 113 Å². The molecule has 0 spiro atoms. The van der Waals surface area contributed by atoms with Gasteiger partial charge in [0.1, 0.15) is 5.75 Å². The number of pyridine rings is 1. The van der Waals surface area contributed by atoms with Gasteiger partial charge in [-0.3, -0.25) is 4.98 Å². The van der Waals surface area contributed by atoms with E-state index < -0.39 is 0 Å². The topological polar surface area (TPSA) is 45.1 Å². The van der Waals surface area contributed by atoms with Crippen LogP contribution < -0.4 is 5.32 Å². The van der Waals surface area contributed by atoms with Crippen LogP contribution >= 0.6 is 0 Å². The van der Waals surface area contributed by atoms with Crippen LogP contribution in [0, 0.1) is 0 Å². The van der Waals surface area contributed by atoms with Crippen LogP contribution in [0.4, 0.5) is 0 Å². The van der Waals surface area contributed by atoms with Crippen LogP contribution in [-0.4, -0.2) is 16.6 Å². The van der Waals surface area contributed by atoms with E-state index in [4.69, 9.17) is 0 Å². The summed E-state index contributed by atoms with van der Waals surface area (Å²) in [5.74, 6) is 0.341. The number of hydrogen-bond donors (Lipinski definition) is 2. The van der Waals surface area contributed by atoms with Gasteiger partial charge in [-0.2, -0.15) is 0 Å². The molecule has 1 aliphatic heterocycles. The van der Waals surface area contributed by atoms with Crippen LogP contribution in [0.5, 0.6) is 5.75 Å². The Kier molecular flexibility index (Phi) is 3.22. The SMILES string of the molecule is CCc1ccc(C2NCCc3cc(O)ccc32)nc1. The molecule has 0 saturated heterocycles. The molecule has 1 atom stereocenters. The standard InChI is InChI=1S/C16H18N2O/c1-2-11-3-6-15(18-10-11)16-14-5-4-13(19)9-12(14)7-8-17-16/h3-6,9-10,16-17,19H,2,7-8H2,1H3. The van der Waals surface area contributed by atoms with Gasteiger partial charge in [0.25, 0.3) is 0 Å².